The van der Waals surface area contributed by atoms with Gasteiger partial charge in [0.05, 0.1) is 31.5 Å². The molecule has 1 aliphatic rings. The highest BCUT2D eigenvalue weighted by molar-refractivity contribution is 7.22. The number of morpholine rings is 1. The predicted molar refractivity (Wildman–Crippen MR) is 88.7 cm³/mol. The first kappa shape index (κ1) is 14.6. The van der Waals surface area contributed by atoms with E-state index < -0.39 is 0 Å². The van der Waals surface area contributed by atoms with Crippen molar-refractivity contribution in [3.05, 3.63) is 34.1 Å². The second-order valence-corrected chi connectivity index (χ2v) is 6.69. The third kappa shape index (κ3) is 2.80. The molecule has 4 rings (SSSR count). The van der Waals surface area contributed by atoms with Crippen LogP contribution in [0.5, 0.6) is 0 Å². The average Bonchev–Trinajstić information content (AvgIpc) is 3.14. The maximum Gasteiger partial charge on any atom is 0.268 e. The number of aromatic amines is 2. The first-order valence-corrected chi connectivity index (χ1v) is 8.35. The fourth-order valence-corrected chi connectivity index (χ4v) is 3.83. The van der Waals surface area contributed by atoms with Gasteiger partial charge < -0.3 is 9.72 Å². The number of H-pyrrole nitrogens is 2. The summed E-state index contributed by atoms with van der Waals surface area (Å²) < 4.78 is 6.00. The highest BCUT2D eigenvalue weighted by Gasteiger charge is 2.15. The zero-order chi connectivity index (χ0) is 15.8. The van der Waals surface area contributed by atoms with Crippen LogP contribution >= 0.6 is 11.3 Å². The molecular weight excluding hydrogens is 314 g/mol. The number of aromatic nitrogens is 4. The van der Waals surface area contributed by atoms with E-state index in [1.165, 1.54) is 11.3 Å². The third-order valence-electron chi connectivity index (χ3n) is 4.00. The molecule has 0 aliphatic carbocycles. The number of aryl methyl sites for hydroxylation is 1. The first-order valence-electron chi connectivity index (χ1n) is 7.54. The van der Waals surface area contributed by atoms with Crippen molar-refractivity contribution in [3.63, 3.8) is 0 Å². The van der Waals surface area contributed by atoms with Crippen LogP contribution in [0.15, 0.2) is 17.1 Å². The summed E-state index contributed by atoms with van der Waals surface area (Å²) in [5, 5.41) is 6.97. The number of nitrogens with zero attached hydrogens (tertiary/aromatic N) is 3. The number of nitrogens with one attached hydrogen (secondary N) is 2. The fourth-order valence-electron chi connectivity index (χ4n) is 2.77. The number of ether oxygens (including phenoxy) is 1. The van der Waals surface area contributed by atoms with E-state index in [2.05, 4.69) is 25.1 Å². The van der Waals surface area contributed by atoms with E-state index in [1.807, 2.05) is 13.0 Å². The van der Waals surface area contributed by atoms with Crippen molar-refractivity contribution >= 4 is 21.6 Å². The van der Waals surface area contributed by atoms with E-state index in [9.17, 15) is 4.79 Å². The van der Waals surface area contributed by atoms with Crippen LogP contribution in [-0.4, -0.2) is 51.4 Å². The van der Waals surface area contributed by atoms with Gasteiger partial charge in [-0.1, -0.05) is 0 Å². The Balaban J connectivity index is 1.69. The molecule has 23 heavy (non-hydrogen) atoms. The van der Waals surface area contributed by atoms with Gasteiger partial charge in [0.15, 0.2) is 0 Å². The van der Waals surface area contributed by atoms with E-state index in [0.717, 1.165) is 48.0 Å². The summed E-state index contributed by atoms with van der Waals surface area (Å²) in [7, 11) is 0. The molecule has 0 amide bonds. The lowest BCUT2D eigenvalue weighted by Crippen LogP contribution is -2.36. The monoisotopic (exact) mass is 331 g/mol. The molecule has 0 bridgehead atoms. The zero-order valence-corrected chi connectivity index (χ0v) is 13.6. The van der Waals surface area contributed by atoms with Gasteiger partial charge >= 0.3 is 0 Å². The summed E-state index contributed by atoms with van der Waals surface area (Å²) >= 11 is 1.45. The summed E-state index contributed by atoms with van der Waals surface area (Å²) in [5.74, 6) is 0.706. The molecule has 0 atom stereocenters. The SMILES string of the molecule is Cc1[nH]ncc1-c1cc2nc(CN3CCOCC3)[nH]c(=O)c2s1. The predicted octanol–water partition coefficient (Wildman–Crippen LogP) is 1.52. The minimum atomic E-state index is -0.0735. The molecule has 0 radical (unpaired) electrons. The van der Waals surface area contributed by atoms with Crippen LogP contribution in [0.25, 0.3) is 20.7 Å². The van der Waals surface area contributed by atoms with Crippen molar-refractivity contribution in [3.8, 4) is 10.4 Å². The van der Waals surface area contributed by atoms with E-state index in [1.54, 1.807) is 6.20 Å². The highest BCUT2D eigenvalue weighted by Crippen LogP contribution is 2.31. The van der Waals surface area contributed by atoms with Crippen molar-refractivity contribution < 1.29 is 4.74 Å². The van der Waals surface area contributed by atoms with Crippen LogP contribution in [0.3, 0.4) is 0 Å². The molecule has 120 valence electrons. The molecule has 1 aliphatic heterocycles. The number of hydrogen-bond donors (Lipinski definition) is 2. The van der Waals surface area contributed by atoms with E-state index in [4.69, 9.17) is 4.74 Å². The Morgan fingerprint density at radius 2 is 2.22 bits per heavy atom. The van der Waals surface area contributed by atoms with Gasteiger partial charge in [0.25, 0.3) is 5.56 Å². The highest BCUT2D eigenvalue weighted by atomic mass is 32.1. The van der Waals surface area contributed by atoms with Gasteiger partial charge in [-0.2, -0.15) is 5.10 Å². The molecule has 1 fully saturated rings. The molecule has 8 heteroatoms. The minimum Gasteiger partial charge on any atom is -0.379 e. The van der Waals surface area contributed by atoms with Crippen molar-refractivity contribution in [2.24, 2.45) is 0 Å². The molecule has 1 saturated heterocycles. The quantitative estimate of drug-likeness (QED) is 0.760. The van der Waals surface area contributed by atoms with Crippen molar-refractivity contribution in [1.82, 2.24) is 25.1 Å². The Labute approximate surface area is 136 Å². The molecule has 0 saturated carbocycles. The molecule has 7 nitrogen and oxygen atoms in total. The number of rotatable bonds is 3. The average molecular weight is 331 g/mol. The maximum absolute atomic E-state index is 12.4. The topological polar surface area (TPSA) is 86.9 Å². The Bertz CT molecular complexity index is 891. The molecule has 0 unspecified atom stereocenters. The van der Waals surface area contributed by atoms with Crippen molar-refractivity contribution in [2.45, 2.75) is 13.5 Å². The number of thiophene rings is 1. The lowest BCUT2D eigenvalue weighted by molar-refractivity contribution is 0.0331. The molecular formula is C15H17N5O2S. The third-order valence-corrected chi connectivity index (χ3v) is 5.16. The summed E-state index contributed by atoms with van der Waals surface area (Å²) in [6, 6.07) is 1.97. The first-order chi connectivity index (χ1) is 11.2. The molecule has 0 spiro atoms. The molecule has 4 heterocycles. The second kappa shape index (κ2) is 5.88. The van der Waals surface area contributed by atoms with Crippen LogP contribution < -0.4 is 5.56 Å². The number of hydrogen-bond acceptors (Lipinski definition) is 6. The number of fused-ring (bicyclic) bond motifs is 1. The molecule has 0 aromatic carbocycles. The van der Waals surface area contributed by atoms with Crippen LogP contribution in [0, 0.1) is 6.92 Å². The van der Waals surface area contributed by atoms with Crippen LogP contribution in [0.4, 0.5) is 0 Å². The van der Waals surface area contributed by atoms with Gasteiger partial charge in [-0.3, -0.25) is 14.8 Å². The van der Waals surface area contributed by atoms with Gasteiger partial charge in [0.2, 0.25) is 0 Å². The van der Waals surface area contributed by atoms with Crippen molar-refractivity contribution in [2.75, 3.05) is 26.3 Å². The van der Waals surface area contributed by atoms with Gasteiger partial charge in [-0.05, 0) is 13.0 Å². The zero-order valence-electron chi connectivity index (χ0n) is 12.8. The lowest BCUT2D eigenvalue weighted by Gasteiger charge is -2.25. The molecule has 2 N–H and O–H groups in total. The largest absolute Gasteiger partial charge is 0.379 e. The summed E-state index contributed by atoms with van der Waals surface area (Å²) in [6.07, 6.45) is 1.78. The van der Waals surface area contributed by atoms with E-state index >= 15 is 0 Å². The Kier molecular flexibility index (Phi) is 3.72. The van der Waals surface area contributed by atoms with Gasteiger partial charge in [0.1, 0.15) is 10.5 Å². The van der Waals surface area contributed by atoms with Gasteiger partial charge in [-0.15, -0.1) is 11.3 Å². The Hall–Kier alpha value is -2.03. The van der Waals surface area contributed by atoms with Gasteiger partial charge in [-0.25, -0.2) is 4.98 Å². The smallest absolute Gasteiger partial charge is 0.268 e. The van der Waals surface area contributed by atoms with E-state index in [-0.39, 0.29) is 5.56 Å². The van der Waals surface area contributed by atoms with Crippen LogP contribution in [0.1, 0.15) is 11.5 Å². The van der Waals surface area contributed by atoms with Gasteiger partial charge in [0, 0.05) is 29.2 Å². The molecule has 3 aromatic heterocycles. The second-order valence-electron chi connectivity index (χ2n) is 5.63. The van der Waals surface area contributed by atoms with E-state index in [0.29, 0.717) is 17.1 Å². The summed E-state index contributed by atoms with van der Waals surface area (Å²) in [4.78, 5) is 23.1. The standard InChI is InChI=1S/C15H17N5O2S/c1-9-10(7-16-19-9)12-6-11-14(23-12)15(21)18-13(17-11)8-20-2-4-22-5-3-20/h6-7H,2-5,8H2,1H3,(H,16,19)(H,17,18,21). The van der Waals surface area contributed by atoms with Crippen LogP contribution in [-0.2, 0) is 11.3 Å². The lowest BCUT2D eigenvalue weighted by atomic mass is 10.2. The summed E-state index contributed by atoms with van der Waals surface area (Å²) in [6.45, 7) is 5.80. The van der Waals surface area contributed by atoms with Crippen molar-refractivity contribution in [1.29, 1.82) is 0 Å². The minimum absolute atomic E-state index is 0.0735. The normalized spacial score (nSPS) is 16.2. The Morgan fingerprint density at radius 1 is 1.39 bits per heavy atom. The Morgan fingerprint density at radius 3 is 2.96 bits per heavy atom. The summed E-state index contributed by atoms with van der Waals surface area (Å²) in [5.41, 5.74) is 2.68. The maximum atomic E-state index is 12.4. The fraction of sp³-hybridized carbons (Fsp3) is 0.400. The van der Waals surface area contributed by atoms with Crippen LogP contribution in [0.2, 0.25) is 0 Å². The molecule has 3 aromatic rings.